The molecule has 5 rings (SSSR count). The molecule has 5 aromatic rings. The van der Waals surface area contributed by atoms with Crippen LogP contribution in [0.4, 0.5) is 22.1 Å². The van der Waals surface area contributed by atoms with Gasteiger partial charge >= 0.3 is 6.03 Å². The minimum absolute atomic E-state index is 0.0868. The molecule has 1 atom stereocenters. The first-order chi connectivity index (χ1) is 21.3. The number of methoxy groups -OCH3 is 1. The molecule has 11 nitrogen and oxygen atoms in total. The number of rotatable bonds is 11. The van der Waals surface area contributed by atoms with Crippen LogP contribution in [0.1, 0.15) is 34.9 Å². The number of halogens is 1. The topological polar surface area (TPSA) is 132 Å². The molecule has 3 heterocycles. The van der Waals surface area contributed by atoms with Crippen molar-refractivity contribution >= 4 is 62.8 Å². The average Bonchev–Trinajstić information content (AvgIpc) is 3.43. The van der Waals surface area contributed by atoms with E-state index < -0.39 is 6.03 Å². The fraction of sp³-hybridized carbons (Fsp3) is 0.219. The van der Waals surface area contributed by atoms with E-state index in [1.165, 1.54) is 13.3 Å². The largest absolute Gasteiger partial charge is 0.455 e. The van der Waals surface area contributed by atoms with Crippen LogP contribution in [0.5, 0.6) is 11.5 Å². The third kappa shape index (κ3) is 7.50. The fourth-order valence-electron chi connectivity index (χ4n) is 4.51. The summed E-state index contributed by atoms with van der Waals surface area (Å²) in [6, 6.07) is 19.9. The Labute approximate surface area is 268 Å². The van der Waals surface area contributed by atoms with E-state index in [2.05, 4.69) is 55.4 Å². The number of ether oxygens (including phenoxy) is 2. The second kappa shape index (κ2) is 14.3. The average molecular weight is 706 g/mol. The highest BCUT2D eigenvalue weighted by molar-refractivity contribution is 14.1. The number of benzene rings is 2. The SMILES string of the molecule is CCCC(I)c1cc(NC(=O)Nc2ccc(Oc3ccnc(NC(=O)COC)c3)c3ncccc23)n(-c2ccc(C)cc2)n1. The number of anilines is 3. The number of aromatic nitrogens is 4. The van der Waals surface area contributed by atoms with Gasteiger partial charge in [0.25, 0.3) is 5.91 Å². The van der Waals surface area contributed by atoms with Gasteiger partial charge < -0.3 is 20.1 Å². The molecule has 1 unspecified atom stereocenters. The molecule has 0 saturated heterocycles. The summed E-state index contributed by atoms with van der Waals surface area (Å²) in [6.45, 7) is 4.08. The van der Waals surface area contributed by atoms with Crippen molar-refractivity contribution in [3.63, 3.8) is 0 Å². The normalized spacial score (nSPS) is 11.6. The van der Waals surface area contributed by atoms with Crippen LogP contribution in [0.25, 0.3) is 16.6 Å². The van der Waals surface area contributed by atoms with E-state index in [9.17, 15) is 9.59 Å². The van der Waals surface area contributed by atoms with Crippen molar-refractivity contribution in [2.75, 3.05) is 29.7 Å². The first-order valence-corrected chi connectivity index (χ1v) is 15.3. The lowest BCUT2D eigenvalue weighted by atomic mass is 10.1. The Kier molecular flexibility index (Phi) is 10.0. The van der Waals surface area contributed by atoms with Crippen molar-refractivity contribution in [1.29, 1.82) is 0 Å². The molecule has 0 aliphatic heterocycles. The first kappa shape index (κ1) is 30.9. The Morgan fingerprint density at radius 3 is 2.57 bits per heavy atom. The maximum Gasteiger partial charge on any atom is 0.324 e. The summed E-state index contributed by atoms with van der Waals surface area (Å²) in [5, 5.41) is 14.1. The number of amides is 3. The zero-order chi connectivity index (χ0) is 31.1. The summed E-state index contributed by atoms with van der Waals surface area (Å²) in [7, 11) is 1.44. The molecule has 0 fully saturated rings. The van der Waals surface area contributed by atoms with Crippen molar-refractivity contribution in [1.82, 2.24) is 19.7 Å². The zero-order valence-corrected chi connectivity index (χ0v) is 26.7. The van der Waals surface area contributed by atoms with Crippen molar-refractivity contribution in [3.8, 4) is 17.2 Å². The van der Waals surface area contributed by atoms with Crippen molar-refractivity contribution in [2.24, 2.45) is 0 Å². The molecular formula is C32H32IN7O4. The van der Waals surface area contributed by atoms with Crippen LogP contribution in [0.3, 0.4) is 0 Å². The number of nitrogens with one attached hydrogen (secondary N) is 3. The predicted molar refractivity (Wildman–Crippen MR) is 179 cm³/mol. The van der Waals surface area contributed by atoms with Gasteiger partial charge in [-0.2, -0.15) is 5.10 Å². The molecule has 44 heavy (non-hydrogen) atoms. The molecule has 3 N–H and O–H groups in total. The number of fused-ring (bicyclic) bond motifs is 1. The van der Waals surface area contributed by atoms with Crippen molar-refractivity contribution < 1.29 is 19.1 Å². The summed E-state index contributed by atoms with van der Waals surface area (Å²) in [6.07, 6.45) is 5.19. The van der Waals surface area contributed by atoms with Crippen LogP contribution in [0, 0.1) is 6.92 Å². The zero-order valence-electron chi connectivity index (χ0n) is 24.5. The molecule has 0 radical (unpaired) electrons. The number of alkyl halides is 1. The van der Waals surface area contributed by atoms with Gasteiger partial charge in [-0.15, -0.1) is 0 Å². The molecule has 0 aliphatic rings. The number of hydrogen-bond acceptors (Lipinski definition) is 7. The lowest BCUT2D eigenvalue weighted by Crippen LogP contribution is -2.21. The fourth-order valence-corrected chi connectivity index (χ4v) is 5.44. The number of carbonyl (C=O) groups excluding carboxylic acids is 2. The highest BCUT2D eigenvalue weighted by atomic mass is 127. The molecule has 226 valence electrons. The summed E-state index contributed by atoms with van der Waals surface area (Å²) >= 11 is 2.39. The van der Waals surface area contributed by atoms with Crippen LogP contribution in [0.15, 0.2) is 79.1 Å². The molecule has 3 amide bonds. The number of aryl methyl sites for hydroxylation is 1. The van der Waals surface area contributed by atoms with Crippen LogP contribution >= 0.6 is 22.6 Å². The van der Waals surface area contributed by atoms with Gasteiger partial charge in [0.05, 0.1) is 21.0 Å². The second-order valence-electron chi connectivity index (χ2n) is 10.0. The number of pyridine rings is 2. The van der Waals surface area contributed by atoms with E-state index in [1.54, 1.807) is 41.2 Å². The molecule has 0 aliphatic carbocycles. The van der Waals surface area contributed by atoms with Gasteiger partial charge in [0.1, 0.15) is 29.5 Å². The molecular weight excluding hydrogens is 673 g/mol. The Hall–Kier alpha value is -4.56. The Morgan fingerprint density at radius 1 is 0.977 bits per heavy atom. The molecule has 2 aromatic carbocycles. The number of urea groups is 1. The van der Waals surface area contributed by atoms with Gasteiger partial charge in [-0.05, 0) is 55.8 Å². The molecule has 3 aromatic heterocycles. The maximum absolute atomic E-state index is 13.3. The van der Waals surface area contributed by atoms with Gasteiger partial charge in [0, 0.05) is 37.0 Å². The highest BCUT2D eigenvalue weighted by Crippen LogP contribution is 2.34. The number of hydrogen-bond donors (Lipinski definition) is 3. The van der Waals surface area contributed by atoms with Crippen molar-refractivity contribution in [3.05, 3.63) is 90.4 Å². The van der Waals surface area contributed by atoms with Gasteiger partial charge in [-0.1, -0.05) is 53.6 Å². The van der Waals surface area contributed by atoms with E-state index in [0.29, 0.717) is 39.7 Å². The van der Waals surface area contributed by atoms with Gasteiger partial charge in [-0.25, -0.2) is 14.5 Å². The third-order valence-corrected chi connectivity index (χ3v) is 7.86. The smallest absolute Gasteiger partial charge is 0.324 e. The van der Waals surface area contributed by atoms with E-state index in [1.807, 2.05) is 43.3 Å². The summed E-state index contributed by atoms with van der Waals surface area (Å²) in [5.74, 6) is 1.49. The third-order valence-electron chi connectivity index (χ3n) is 6.59. The monoisotopic (exact) mass is 705 g/mol. The summed E-state index contributed by atoms with van der Waals surface area (Å²) < 4.78 is 12.9. The Balaban J connectivity index is 1.37. The molecule has 12 heteroatoms. The van der Waals surface area contributed by atoms with E-state index in [4.69, 9.17) is 14.6 Å². The van der Waals surface area contributed by atoms with Crippen LogP contribution < -0.4 is 20.7 Å². The Bertz CT molecular complexity index is 1770. The minimum atomic E-state index is -0.422. The van der Waals surface area contributed by atoms with Crippen LogP contribution in [-0.4, -0.2) is 45.4 Å². The van der Waals surface area contributed by atoms with Gasteiger partial charge in [-0.3, -0.25) is 15.1 Å². The van der Waals surface area contributed by atoms with Crippen molar-refractivity contribution in [2.45, 2.75) is 30.6 Å². The number of carbonyl (C=O) groups is 2. The van der Waals surface area contributed by atoms with E-state index >= 15 is 0 Å². The lowest BCUT2D eigenvalue weighted by Gasteiger charge is -2.14. The highest BCUT2D eigenvalue weighted by Gasteiger charge is 2.18. The van der Waals surface area contributed by atoms with Crippen LogP contribution in [-0.2, 0) is 9.53 Å². The summed E-state index contributed by atoms with van der Waals surface area (Å²) in [4.78, 5) is 33.9. The Morgan fingerprint density at radius 2 is 1.80 bits per heavy atom. The molecule has 0 bridgehead atoms. The second-order valence-corrected chi connectivity index (χ2v) is 11.5. The predicted octanol–water partition coefficient (Wildman–Crippen LogP) is 7.42. The van der Waals surface area contributed by atoms with E-state index in [0.717, 1.165) is 29.8 Å². The quantitative estimate of drug-likeness (QED) is 0.0963. The lowest BCUT2D eigenvalue weighted by molar-refractivity contribution is -0.119. The minimum Gasteiger partial charge on any atom is -0.455 e. The maximum atomic E-state index is 13.3. The standard InChI is InChI=1S/C32H32IN7O4/c1-4-6-24(33)26-18-29(40(39-26)21-10-8-20(2)9-11-21)38-32(42)36-25-12-13-27(31-23(25)7-5-15-35-31)44-22-14-16-34-28(17-22)37-30(41)19-43-3/h5,7-18,24H,4,6,19H2,1-3H3,(H,34,37,41)(H2,36,38,42). The van der Waals surface area contributed by atoms with Crippen LogP contribution in [0.2, 0.25) is 0 Å². The van der Waals surface area contributed by atoms with Gasteiger partial charge in [0.15, 0.2) is 5.75 Å². The first-order valence-electron chi connectivity index (χ1n) is 14.0. The van der Waals surface area contributed by atoms with E-state index in [-0.39, 0.29) is 16.4 Å². The molecule has 0 saturated carbocycles. The summed E-state index contributed by atoms with van der Waals surface area (Å²) in [5.41, 5.74) is 3.99. The van der Waals surface area contributed by atoms with Gasteiger partial charge in [0.2, 0.25) is 0 Å². The number of nitrogens with zero attached hydrogens (tertiary/aromatic N) is 4. The molecule has 0 spiro atoms.